The van der Waals surface area contributed by atoms with Crippen LogP contribution in [0.3, 0.4) is 0 Å². The summed E-state index contributed by atoms with van der Waals surface area (Å²) in [6.07, 6.45) is 32.6. The average Bonchev–Trinajstić information content (AvgIpc) is 3.23. The van der Waals surface area contributed by atoms with Crippen LogP contribution in [-0.4, -0.2) is 17.0 Å². The predicted molar refractivity (Wildman–Crippen MR) is 257 cm³/mol. The van der Waals surface area contributed by atoms with Gasteiger partial charge in [-0.3, -0.25) is 4.90 Å². The molecule has 0 bridgehead atoms. The number of aryl methyl sites for hydroxylation is 1. The Morgan fingerprint density at radius 2 is 1.26 bits per heavy atom. The Kier molecular flexibility index (Phi) is 24.5. The van der Waals surface area contributed by atoms with Crippen LogP contribution in [0.2, 0.25) is 0 Å². The fourth-order valence-corrected chi connectivity index (χ4v) is 11.5. The van der Waals surface area contributed by atoms with Gasteiger partial charge in [0, 0.05) is 18.1 Å². The summed E-state index contributed by atoms with van der Waals surface area (Å²) in [5.41, 5.74) is 7.81. The predicted octanol–water partition coefficient (Wildman–Crippen LogP) is 18.5. The monoisotopic (exact) mass is 784 g/mol. The van der Waals surface area contributed by atoms with Gasteiger partial charge in [0.2, 0.25) is 0 Å². The van der Waals surface area contributed by atoms with Crippen LogP contribution in [0, 0.1) is 36.5 Å². The Morgan fingerprint density at radius 3 is 1.84 bits per heavy atom. The first-order chi connectivity index (χ1) is 27.7. The van der Waals surface area contributed by atoms with E-state index in [4.69, 9.17) is 0 Å². The van der Waals surface area contributed by atoms with E-state index >= 15 is 0 Å². The molecule has 2 aromatic rings. The van der Waals surface area contributed by atoms with Crippen molar-refractivity contribution in [2.45, 2.75) is 254 Å². The molecule has 3 rings (SSSR count). The molecule has 0 spiro atoms. The smallest absolute Gasteiger partial charge is 0.0387 e. The van der Waals surface area contributed by atoms with Crippen molar-refractivity contribution < 1.29 is 0 Å². The number of rotatable bonds is 30. The third-order valence-electron chi connectivity index (χ3n) is 15.3. The number of hydrogen-bond donors (Lipinski definition) is 0. The molecule has 0 saturated heterocycles. The van der Waals surface area contributed by atoms with Crippen molar-refractivity contribution in [2.24, 2.45) is 29.6 Å². The van der Waals surface area contributed by atoms with Crippen molar-refractivity contribution >= 4 is 0 Å². The summed E-state index contributed by atoms with van der Waals surface area (Å²) < 4.78 is 0. The van der Waals surface area contributed by atoms with E-state index in [1.807, 2.05) is 0 Å². The topological polar surface area (TPSA) is 3.24 Å². The van der Waals surface area contributed by atoms with E-state index < -0.39 is 0 Å². The van der Waals surface area contributed by atoms with Gasteiger partial charge in [0.25, 0.3) is 0 Å². The third kappa shape index (κ3) is 15.1. The van der Waals surface area contributed by atoms with E-state index in [1.165, 1.54) is 165 Å². The van der Waals surface area contributed by atoms with Crippen LogP contribution in [0.1, 0.15) is 252 Å². The summed E-state index contributed by atoms with van der Waals surface area (Å²) in [6.45, 7) is 27.4. The molecule has 1 nitrogen and oxygen atoms in total. The largest absolute Gasteiger partial charge is 0.290 e. The SMILES string of the molecule is CCCCCC(C)N(C(CCC)CCC)C(c1cc(-c2ccccc2)c(C(CC)CCCC)cc1C)C(CC(CC(CC)CCCC)C1CCCCC1)C(C)CC. The van der Waals surface area contributed by atoms with E-state index in [-0.39, 0.29) is 0 Å². The lowest BCUT2D eigenvalue weighted by molar-refractivity contribution is 0.00455. The van der Waals surface area contributed by atoms with Crippen molar-refractivity contribution in [3.63, 3.8) is 0 Å². The van der Waals surface area contributed by atoms with Gasteiger partial charge < -0.3 is 0 Å². The maximum Gasteiger partial charge on any atom is 0.0387 e. The summed E-state index contributed by atoms with van der Waals surface area (Å²) >= 11 is 0. The van der Waals surface area contributed by atoms with Gasteiger partial charge in [-0.2, -0.15) is 0 Å². The molecule has 0 amide bonds. The lowest BCUT2D eigenvalue weighted by atomic mass is 9.67. The van der Waals surface area contributed by atoms with Crippen LogP contribution >= 0.6 is 0 Å². The molecule has 0 heterocycles. The van der Waals surface area contributed by atoms with Crippen molar-refractivity contribution in [3.05, 3.63) is 59.2 Å². The first-order valence-corrected chi connectivity index (χ1v) is 25.7. The molecule has 7 unspecified atom stereocenters. The van der Waals surface area contributed by atoms with Crippen LogP contribution in [0.4, 0.5) is 0 Å². The summed E-state index contributed by atoms with van der Waals surface area (Å²) in [5.74, 6) is 4.56. The minimum Gasteiger partial charge on any atom is -0.290 e. The van der Waals surface area contributed by atoms with Gasteiger partial charge in [-0.05, 0) is 128 Å². The second kappa shape index (κ2) is 28.0. The van der Waals surface area contributed by atoms with E-state index in [0.717, 1.165) is 17.8 Å². The van der Waals surface area contributed by atoms with E-state index in [9.17, 15) is 0 Å². The molecule has 326 valence electrons. The molecule has 1 heteroatoms. The average molecular weight is 784 g/mol. The molecule has 0 aliphatic heterocycles. The first-order valence-electron chi connectivity index (χ1n) is 25.7. The van der Waals surface area contributed by atoms with E-state index in [0.29, 0.717) is 35.9 Å². The maximum absolute atomic E-state index is 3.23. The fourth-order valence-electron chi connectivity index (χ4n) is 11.5. The van der Waals surface area contributed by atoms with Crippen molar-refractivity contribution in [2.75, 3.05) is 0 Å². The number of benzene rings is 2. The molecular weight excluding hydrogens is 687 g/mol. The highest BCUT2D eigenvalue weighted by atomic mass is 15.2. The molecule has 0 radical (unpaired) electrons. The zero-order chi connectivity index (χ0) is 41.6. The summed E-state index contributed by atoms with van der Waals surface area (Å²) in [6, 6.07) is 18.8. The second-order valence-electron chi connectivity index (χ2n) is 19.5. The third-order valence-corrected chi connectivity index (χ3v) is 15.3. The summed E-state index contributed by atoms with van der Waals surface area (Å²) in [4.78, 5) is 3.23. The first kappa shape index (κ1) is 49.8. The molecule has 7 atom stereocenters. The molecule has 0 N–H and O–H groups in total. The highest BCUT2D eigenvalue weighted by Crippen LogP contribution is 2.49. The zero-order valence-corrected chi connectivity index (χ0v) is 40.2. The van der Waals surface area contributed by atoms with Crippen molar-refractivity contribution in [3.8, 4) is 11.1 Å². The quantitative estimate of drug-likeness (QED) is 0.0713. The van der Waals surface area contributed by atoms with Crippen LogP contribution in [-0.2, 0) is 0 Å². The Morgan fingerprint density at radius 1 is 0.614 bits per heavy atom. The van der Waals surface area contributed by atoms with Gasteiger partial charge in [-0.1, -0.05) is 208 Å². The molecule has 1 saturated carbocycles. The van der Waals surface area contributed by atoms with Crippen LogP contribution < -0.4 is 0 Å². The Bertz CT molecular complexity index is 1280. The standard InChI is InChI=1S/C56H97N/c1-12-20-25-32-45(11)57(51(30-15-4)31-16-5)56(52(43(9)17-6)41-50(48-35-26-23-27-36-48)40-46(18-7)33-21-13-2)53-42-55(49-37-28-24-29-38-49)54(39-44(53)10)47(19-8)34-22-14-3/h24,28-29,37-39,42-43,45-48,50-52,56H,12-23,25-27,30-36,40-41H2,1-11H3. The van der Waals surface area contributed by atoms with Crippen molar-refractivity contribution in [1.29, 1.82) is 0 Å². The van der Waals surface area contributed by atoms with E-state index in [1.54, 1.807) is 16.7 Å². The molecule has 57 heavy (non-hydrogen) atoms. The van der Waals surface area contributed by atoms with Gasteiger partial charge in [0.15, 0.2) is 0 Å². The minimum atomic E-state index is 0.439. The van der Waals surface area contributed by atoms with Crippen LogP contribution in [0.15, 0.2) is 42.5 Å². The zero-order valence-electron chi connectivity index (χ0n) is 40.2. The lowest BCUT2D eigenvalue weighted by Gasteiger charge is -2.49. The fraction of sp³-hybridized carbons (Fsp3) is 0.786. The molecule has 2 aromatic carbocycles. The number of nitrogens with zero attached hydrogens (tertiary/aromatic N) is 1. The van der Waals surface area contributed by atoms with E-state index in [2.05, 4.69) is 124 Å². The molecule has 1 aliphatic carbocycles. The lowest BCUT2D eigenvalue weighted by Crippen LogP contribution is -2.48. The Labute approximate surface area is 357 Å². The number of unbranched alkanes of at least 4 members (excludes halogenated alkanes) is 4. The second-order valence-corrected chi connectivity index (χ2v) is 19.5. The number of hydrogen-bond acceptors (Lipinski definition) is 1. The molecule has 1 aliphatic rings. The summed E-state index contributed by atoms with van der Waals surface area (Å²) in [5, 5.41) is 0. The minimum absolute atomic E-state index is 0.439. The van der Waals surface area contributed by atoms with Gasteiger partial charge in [0.1, 0.15) is 0 Å². The molecule has 1 fully saturated rings. The Hall–Kier alpha value is -1.60. The van der Waals surface area contributed by atoms with Gasteiger partial charge in [0.05, 0.1) is 0 Å². The Balaban J connectivity index is 2.42. The highest BCUT2D eigenvalue weighted by Gasteiger charge is 2.41. The van der Waals surface area contributed by atoms with Crippen LogP contribution in [0.5, 0.6) is 0 Å². The molecular formula is C56H97N. The summed E-state index contributed by atoms with van der Waals surface area (Å²) in [7, 11) is 0. The van der Waals surface area contributed by atoms with Crippen LogP contribution in [0.25, 0.3) is 11.1 Å². The van der Waals surface area contributed by atoms with Gasteiger partial charge >= 0.3 is 0 Å². The highest BCUT2D eigenvalue weighted by molar-refractivity contribution is 5.70. The maximum atomic E-state index is 3.23. The van der Waals surface area contributed by atoms with Gasteiger partial charge in [-0.15, -0.1) is 0 Å². The molecule has 0 aromatic heterocycles. The van der Waals surface area contributed by atoms with Crippen molar-refractivity contribution in [1.82, 2.24) is 4.90 Å². The normalized spacial score (nSPS) is 17.8. The van der Waals surface area contributed by atoms with Gasteiger partial charge in [-0.25, -0.2) is 0 Å².